The Balaban J connectivity index is 1.46. The highest BCUT2D eigenvalue weighted by atomic mass is 16.5. The third kappa shape index (κ3) is 5.32. The Morgan fingerprint density at radius 1 is 1.21 bits per heavy atom. The molecule has 0 radical (unpaired) electrons. The minimum atomic E-state index is -0.819. The van der Waals surface area contributed by atoms with Crippen LogP contribution < -0.4 is 0 Å². The minimum Gasteiger partial charge on any atom is -0.475 e. The van der Waals surface area contributed by atoms with Crippen LogP contribution in [0, 0.1) is 0 Å². The zero-order valence-electron chi connectivity index (χ0n) is 19.1. The van der Waals surface area contributed by atoms with Crippen LogP contribution in [-0.4, -0.2) is 52.3 Å². The molecule has 7 heteroatoms. The van der Waals surface area contributed by atoms with Crippen LogP contribution in [0.15, 0.2) is 41.4 Å². The number of fused-ring (bicyclic) bond motifs is 1. The summed E-state index contributed by atoms with van der Waals surface area (Å²) in [5.41, 5.74) is 2.88. The second-order valence-corrected chi connectivity index (χ2v) is 8.76. The molecule has 2 aromatic rings. The first kappa shape index (κ1) is 23.5. The maximum atomic E-state index is 13.1. The molecule has 1 aliphatic heterocycles. The zero-order valence-corrected chi connectivity index (χ0v) is 19.1. The summed E-state index contributed by atoms with van der Waals surface area (Å²) < 4.78 is 11.0. The number of rotatable bonds is 11. The van der Waals surface area contributed by atoms with Crippen LogP contribution in [-0.2, 0) is 33.8 Å². The number of ketones is 1. The number of aliphatic hydroxyl groups excluding tert-OH is 1. The van der Waals surface area contributed by atoms with Crippen molar-refractivity contribution in [2.45, 2.75) is 63.7 Å². The van der Waals surface area contributed by atoms with Crippen molar-refractivity contribution in [3.8, 4) is 0 Å². The highest BCUT2D eigenvalue weighted by Crippen LogP contribution is 2.45. The molecule has 1 aliphatic carbocycles. The number of nitrogens with zero attached hydrogens (tertiary/aromatic N) is 2. The van der Waals surface area contributed by atoms with Crippen LogP contribution in [0.1, 0.15) is 66.6 Å². The van der Waals surface area contributed by atoms with Gasteiger partial charge in [0, 0.05) is 31.1 Å². The molecule has 1 atom stereocenters. The maximum absolute atomic E-state index is 13.1. The van der Waals surface area contributed by atoms with E-state index in [-0.39, 0.29) is 31.1 Å². The third-order valence-corrected chi connectivity index (χ3v) is 6.54. The molecule has 0 spiro atoms. The molecule has 1 aromatic carbocycles. The summed E-state index contributed by atoms with van der Waals surface area (Å²) >= 11 is 0. The van der Waals surface area contributed by atoms with Crippen molar-refractivity contribution in [2.75, 3.05) is 19.8 Å². The fourth-order valence-electron chi connectivity index (χ4n) is 4.70. The van der Waals surface area contributed by atoms with Crippen molar-refractivity contribution in [3.63, 3.8) is 0 Å². The topological polar surface area (TPSA) is 101 Å². The largest absolute Gasteiger partial charge is 0.475 e. The van der Waals surface area contributed by atoms with Gasteiger partial charge in [-0.1, -0.05) is 30.3 Å². The van der Waals surface area contributed by atoms with Gasteiger partial charge in [-0.05, 0) is 43.4 Å². The lowest BCUT2D eigenvalue weighted by Gasteiger charge is -2.43. The fraction of sp³-hybridized carbons (Fsp3) is 0.500. The van der Waals surface area contributed by atoms with E-state index in [1.165, 1.54) is 0 Å². The van der Waals surface area contributed by atoms with Crippen LogP contribution in [0.2, 0.25) is 0 Å². The number of carbonyl (C=O) groups excluding carboxylic acids is 1. The van der Waals surface area contributed by atoms with E-state index in [0.29, 0.717) is 43.7 Å². The number of carbonyl (C=O) groups is 1. The van der Waals surface area contributed by atoms with Crippen LogP contribution in [0.25, 0.3) is 0 Å². The Bertz CT molecular complexity index is 1000. The van der Waals surface area contributed by atoms with Crippen molar-refractivity contribution in [3.05, 3.63) is 64.5 Å². The smallest absolute Gasteiger partial charge is 0.218 e. The molecule has 0 saturated heterocycles. The van der Waals surface area contributed by atoms with Gasteiger partial charge in [0.25, 0.3) is 0 Å². The van der Waals surface area contributed by atoms with Crippen LogP contribution in [0.5, 0.6) is 0 Å². The Labute approximate surface area is 194 Å². The van der Waals surface area contributed by atoms with Crippen molar-refractivity contribution < 1.29 is 24.5 Å². The number of ether oxygens (including phenoxy) is 2. The molecule has 33 heavy (non-hydrogen) atoms. The summed E-state index contributed by atoms with van der Waals surface area (Å²) in [4.78, 5) is 22.1. The van der Waals surface area contributed by atoms with Crippen molar-refractivity contribution >= 4 is 11.7 Å². The first-order valence-electron chi connectivity index (χ1n) is 11.7. The number of benzene rings is 1. The van der Waals surface area contributed by atoms with E-state index in [1.54, 1.807) is 0 Å². The van der Waals surface area contributed by atoms with Gasteiger partial charge in [-0.3, -0.25) is 9.78 Å². The van der Waals surface area contributed by atoms with Crippen LogP contribution in [0.4, 0.5) is 0 Å². The van der Waals surface area contributed by atoms with Gasteiger partial charge in [-0.15, -0.1) is 0 Å². The third-order valence-electron chi connectivity index (χ3n) is 6.54. The van der Waals surface area contributed by atoms with Gasteiger partial charge in [0.2, 0.25) is 5.90 Å². The van der Waals surface area contributed by atoms with Crippen molar-refractivity contribution in [1.29, 1.82) is 0 Å². The number of aliphatic imine (C=N–C) groups is 1. The Morgan fingerprint density at radius 3 is 2.67 bits per heavy atom. The molecule has 176 valence electrons. The van der Waals surface area contributed by atoms with Gasteiger partial charge in [-0.25, -0.2) is 4.99 Å². The Hall–Kier alpha value is -2.61. The number of aromatic nitrogens is 1. The van der Waals surface area contributed by atoms with Gasteiger partial charge < -0.3 is 19.7 Å². The van der Waals surface area contributed by atoms with Gasteiger partial charge >= 0.3 is 0 Å². The van der Waals surface area contributed by atoms with Gasteiger partial charge in [0.1, 0.15) is 12.4 Å². The summed E-state index contributed by atoms with van der Waals surface area (Å²) in [6, 6.07) is 11.7. The SMILES string of the molecule is CCOCCOC1=NCc2cc(CC(=O)C[C@@H](c3ccccc3)C3(O)CCC3)nc(CO)c21. The number of hydrogen-bond donors (Lipinski definition) is 2. The van der Waals surface area contributed by atoms with Crippen molar-refractivity contribution in [1.82, 2.24) is 4.98 Å². The molecule has 0 bridgehead atoms. The fourth-order valence-corrected chi connectivity index (χ4v) is 4.70. The highest BCUT2D eigenvalue weighted by Gasteiger charge is 2.43. The lowest BCUT2D eigenvalue weighted by molar-refractivity contribution is -0.122. The van der Waals surface area contributed by atoms with E-state index in [9.17, 15) is 15.0 Å². The average Bonchev–Trinajstić information content (AvgIpc) is 3.21. The monoisotopic (exact) mass is 452 g/mol. The molecule has 0 unspecified atom stereocenters. The Morgan fingerprint density at radius 2 is 2.00 bits per heavy atom. The van der Waals surface area contributed by atoms with Crippen molar-refractivity contribution in [2.24, 2.45) is 4.99 Å². The number of hydrogen-bond acceptors (Lipinski definition) is 7. The molecule has 1 aromatic heterocycles. The zero-order chi connectivity index (χ0) is 23.3. The van der Waals surface area contributed by atoms with E-state index in [4.69, 9.17) is 9.47 Å². The second-order valence-electron chi connectivity index (χ2n) is 8.76. The summed E-state index contributed by atoms with van der Waals surface area (Å²) in [6.45, 7) is 3.56. The molecule has 7 nitrogen and oxygen atoms in total. The van der Waals surface area contributed by atoms with E-state index >= 15 is 0 Å². The summed E-state index contributed by atoms with van der Waals surface area (Å²) in [5, 5.41) is 21.0. The molecular formula is C26H32N2O5. The molecule has 2 N–H and O–H groups in total. The number of aliphatic hydroxyl groups is 2. The minimum absolute atomic E-state index is 0.0209. The van der Waals surface area contributed by atoms with E-state index in [1.807, 2.05) is 43.3 Å². The standard InChI is InChI=1S/C26H32N2O5/c1-2-32-11-12-33-25-24-19(16-27-25)13-20(28-23(24)17-29)14-21(30)15-22(26(31)9-6-10-26)18-7-4-3-5-8-18/h3-5,7-8,13,22,29,31H,2,6,9-12,14-17H2,1H3/t22-/m0/s1. The average molecular weight is 453 g/mol. The molecular weight excluding hydrogens is 420 g/mol. The number of Topliss-reactive ketones (excluding diaryl/α,β-unsaturated/α-hetero) is 1. The molecule has 2 aliphatic rings. The lowest BCUT2D eigenvalue weighted by Crippen LogP contribution is -2.44. The molecule has 0 amide bonds. The van der Waals surface area contributed by atoms with E-state index in [2.05, 4.69) is 9.98 Å². The molecule has 4 rings (SSSR count). The van der Waals surface area contributed by atoms with Gasteiger partial charge in [0.05, 0.1) is 36.6 Å². The molecule has 1 fully saturated rings. The summed E-state index contributed by atoms with van der Waals surface area (Å²) in [7, 11) is 0. The first-order chi connectivity index (χ1) is 16.0. The highest BCUT2D eigenvalue weighted by molar-refractivity contribution is 5.98. The normalized spacial score (nSPS) is 17.1. The first-order valence-corrected chi connectivity index (χ1v) is 11.7. The molecule has 1 saturated carbocycles. The summed E-state index contributed by atoms with van der Waals surface area (Å²) in [6.07, 6.45) is 2.83. The predicted octanol–water partition coefficient (Wildman–Crippen LogP) is 3.09. The van der Waals surface area contributed by atoms with E-state index < -0.39 is 5.60 Å². The Kier molecular flexibility index (Phi) is 7.53. The van der Waals surface area contributed by atoms with E-state index in [0.717, 1.165) is 36.0 Å². The summed E-state index contributed by atoms with van der Waals surface area (Å²) in [5.74, 6) is 0.267. The van der Waals surface area contributed by atoms with Crippen LogP contribution in [0.3, 0.4) is 0 Å². The number of pyridine rings is 1. The predicted molar refractivity (Wildman–Crippen MR) is 124 cm³/mol. The quantitative estimate of drug-likeness (QED) is 0.508. The van der Waals surface area contributed by atoms with Gasteiger partial charge in [-0.2, -0.15) is 0 Å². The van der Waals surface area contributed by atoms with Crippen LogP contribution >= 0.6 is 0 Å². The second kappa shape index (κ2) is 10.5. The van der Waals surface area contributed by atoms with Gasteiger partial charge in [0.15, 0.2) is 0 Å². The maximum Gasteiger partial charge on any atom is 0.218 e. The molecule has 2 heterocycles. The lowest BCUT2D eigenvalue weighted by atomic mass is 9.67.